The largest absolute Gasteiger partial charge is 0.478 e. The standard InChI is InChI=1S/C25H17ClF3N3O3/c1-14-6-11-17(24(34)35)19(12-14)30-23(33)16-9-7-15(8-10-16)21-13-22(25(27,28)29)31-32(21)20-5-3-2-4-18(20)26/h2-13H,1H3,(H,30,33)(H,34,35). The average Bonchev–Trinajstić information content (AvgIpc) is 3.25. The van der Waals surface area contributed by atoms with Crippen LogP contribution in [0.4, 0.5) is 18.9 Å². The number of halogens is 4. The number of aromatic carboxylic acids is 1. The van der Waals surface area contributed by atoms with Crippen molar-refractivity contribution in [3.05, 3.63) is 100 Å². The number of carbonyl (C=O) groups excluding carboxylic acids is 1. The van der Waals surface area contributed by atoms with Gasteiger partial charge in [-0.2, -0.15) is 18.3 Å². The van der Waals surface area contributed by atoms with Crippen LogP contribution in [0, 0.1) is 6.92 Å². The van der Waals surface area contributed by atoms with Gasteiger partial charge >= 0.3 is 12.1 Å². The van der Waals surface area contributed by atoms with E-state index >= 15 is 0 Å². The number of carboxylic acid groups (broad SMARTS) is 1. The monoisotopic (exact) mass is 499 g/mol. The van der Waals surface area contributed by atoms with Crippen LogP contribution >= 0.6 is 11.6 Å². The summed E-state index contributed by atoms with van der Waals surface area (Å²) in [6.45, 7) is 1.76. The van der Waals surface area contributed by atoms with Gasteiger partial charge in [0, 0.05) is 11.1 Å². The maximum atomic E-state index is 13.4. The molecule has 0 aliphatic carbocycles. The molecule has 1 heterocycles. The summed E-state index contributed by atoms with van der Waals surface area (Å²) in [4.78, 5) is 24.2. The molecule has 4 rings (SSSR count). The summed E-state index contributed by atoms with van der Waals surface area (Å²) < 4.78 is 41.3. The van der Waals surface area contributed by atoms with Crippen LogP contribution in [0.2, 0.25) is 5.02 Å². The molecule has 0 atom stereocenters. The number of carboxylic acids is 1. The van der Waals surface area contributed by atoms with Crippen molar-refractivity contribution in [1.82, 2.24) is 9.78 Å². The molecule has 0 spiro atoms. The fraction of sp³-hybridized carbons (Fsp3) is 0.0800. The zero-order chi connectivity index (χ0) is 25.3. The van der Waals surface area contributed by atoms with E-state index in [4.69, 9.17) is 11.6 Å². The molecule has 0 radical (unpaired) electrons. The van der Waals surface area contributed by atoms with Crippen molar-refractivity contribution in [3.63, 3.8) is 0 Å². The lowest BCUT2D eigenvalue weighted by Crippen LogP contribution is -2.15. The van der Waals surface area contributed by atoms with Crippen LogP contribution in [0.15, 0.2) is 72.8 Å². The molecule has 178 valence electrons. The first-order chi connectivity index (χ1) is 16.5. The SMILES string of the molecule is Cc1ccc(C(=O)O)c(NC(=O)c2ccc(-c3cc(C(F)(F)F)nn3-c3ccccc3Cl)cc2)c1. The van der Waals surface area contributed by atoms with Crippen molar-refractivity contribution in [3.8, 4) is 16.9 Å². The first-order valence-corrected chi connectivity index (χ1v) is 10.6. The van der Waals surface area contributed by atoms with E-state index < -0.39 is 23.7 Å². The summed E-state index contributed by atoms with van der Waals surface area (Å²) >= 11 is 6.19. The van der Waals surface area contributed by atoms with Crippen molar-refractivity contribution >= 4 is 29.2 Å². The first-order valence-electron chi connectivity index (χ1n) is 10.2. The fourth-order valence-corrected chi connectivity index (χ4v) is 3.68. The zero-order valence-electron chi connectivity index (χ0n) is 18.1. The molecule has 2 N–H and O–H groups in total. The Morgan fingerprint density at radius 2 is 1.69 bits per heavy atom. The Kier molecular flexibility index (Phi) is 6.36. The van der Waals surface area contributed by atoms with Crippen LogP contribution in [0.5, 0.6) is 0 Å². The van der Waals surface area contributed by atoms with Crippen LogP contribution in [0.25, 0.3) is 16.9 Å². The molecule has 0 fully saturated rings. The molecule has 0 bridgehead atoms. The Morgan fingerprint density at radius 3 is 2.31 bits per heavy atom. The van der Waals surface area contributed by atoms with Crippen LogP contribution in [-0.2, 0) is 6.18 Å². The third kappa shape index (κ3) is 5.04. The van der Waals surface area contributed by atoms with Gasteiger partial charge in [0.2, 0.25) is 0 Å². The highest BCUT2D eigenvalue weighted by molar-refractivity contribution is 6.32. The number of nitrogens with zero attached hydrogens (tertiary/aromatic N) is 2. The van der Waals surface area contributed by atoms with Crippen LogP contribution in [0.1, 0.15) is 32.0 Å². The molecule has 10 heteroatoms. The quantitative estimate of drug-likeness (QED) is 0.329. The Hall–Kier alpha value is -4.11. The van der Waals surface area contributed by atoms with Crippen LogP contribution in [-0.4, -0.2) is 26.8 Å². The number of aryl methyl sites for hydroxylation is 1. The van der Waals surface area contributed by atoms with Gasteiger partial charge < -0.3 is 10.4 Å². The van der Waals surface area contributed by atoms with E-state index in [-0.39, 0.29) is 33.2 Å². The van der Waals surface area contributed by atoms with Gasteiger partial charge in [-0.05, 0) is 55.0 Å². The van der Waals surface area contributed by atoms with Gasteiger partial charge in [-0.3, -0.25) is 4.79 Å². The number of hydrogen-bond acceptors (Lipinski definition) is 3. The Labute approximate surface area is 202 Å². The summed E-state index contributed by atoms with van der Waals surface area (Å²) in [5, 5.41) is 15.9. The van der Waals surface area contributed by atoms with Gasteiger partial charge in [0.15, 0.2) is 5.69 Å². The highest BCUT2D eigenvalue weighted by atomic mass is 35.5. The van der Waals surface area contributed by atoms with Crippen molar-refractivity contribution in [2.24, 2.45) is 0 Å². The number of amides is 1. The lowest BCUT2D eigenvalue weighted by molar-refractivity contribution is -0.141. The minimum absolute atomic E-state index is 0.0658. The highest BCUT2D eigenvalue weighted by Gasteiger charge is 2.35. The summed E-state index contributed by atoms with van der Waals surface area (Å²) in [6, 6.07) is 17.6. The molecule has 1 amide bonds. The summed E-state index contributed by atoms with van der Waals surface area (Å²) in [6.07, 6.45) is -4.67. The van der Waals surface area contributed by atoms with Gasteiger partial charge in [0.25, 0.3) is 5.91 Å². The van der Waals surface area contributed by atoms with E-state index in [1.54, 1.807) is 37.3 Å². The number of aromatic nitrogens is 2. The molecule has 3 aromatic carbocycles. The number of alkyl halides is 3. The molecular weight excluding hydrogens is 483 g/mol. The van der Waals surface area contributed by atoms with Crippen molar-refractivity contribution < 1.29 is 27.9 Å². The van der Waals surface area contributed by atoms with E-state index in [1.807, 2.05) is 0 Å². The topological polar surface area (TPSA) is 84.2 Å². The van der Waals surface area contributed by atoms with E-state index in [0.29, 0.717) is 5.56 Å². The number of carbonyl (C=O) groups is 2. The van der Waals surface area contributed by atoms with E-state index in [9.17, 15) is 27.9 Å². The van der Waals surface area contributed by atoms with Gasteiger partial charge in [-0.25, -0.2) is 9.48 Å². The molecular formula is C25H17ClF3N3O3. The Bertz CT molecular complexity index is 1430. The molecule has 4 aromatic rings. The lowest BCUT2D eigenvalue weighted by Gasteiger charge is -2.11. The number of benzene rings is 3. The molecule has 0 saturated carbocycles. The summed E-state index contributed by atoms with van der Waals surface area (Å²) in [5.74, 6) is -1.76. The van der Waals surface area contributed by atoms with E-state index in [2.05, 4.69) is 10.4 Å². The van der Waals surface area contributed by atoms with Crippen LogP contribution in [0.3, 0.4) is 0 Å². The van der Waals surface area contributed by atoms with Crippen molar-refractivity contribution in [1.29, 1.82) is 0 Å². The Morgan fingerprint density at radius 1 is 1.00 bits per heavy atom. The number of anilines is 1. The lowest BCUT2D eigenvalue weighted by atomic mass is 10.1. The minimum atomic E-state index is -4.67. The van der Waals surface area contributed by atoms with E-state index in [0.717, 1.165) is 16.3 Å². The third-order valence-electron chi connectivity index (χ3n) is 5.18. The average molecular weight is 500 g/mol. The maximum absolute atomic E-state index is 13.4. The minimum Gasteiger partial charge on any atom is -0.478 e. The summed E-state index contributed by atoms with van der Waals surface area (Å²) in [7, 11) is 0. The second kappa shape index (κ2) is 9.27. The third-order valence-corrected chi connectivity index (χ3v) is 5.50. The van der Waals surface area contributed by atoms with Gasteiger partial charge in [0.05, 0.1) is 27.7 Å². The molecule has 6 nitrogen and oxygen atoms in total. The van der Waals surface area contributed by atoms with Gasteiger partial charge in [-0.15, -0.1) is 0 Å². The second-order valence-corrected chi connectivity index (χ2v) is 8.07. The predicted octanol–water partition coefficient (Wildman–Crippen LogP) is 6.47. The number of hydrogen-bond donors (Lipinski definition) is 2. The highest BCUT2D eigenvalue weighted by Crippen LogP contribution is 2.34. The first kappa shape index (κ1) is 24.0. The van der Waals surface area contributed by atoms with E-state index in [1.165, 1.54) is 36.4 Å². The molecule has 0 aliphatic rings. The van der Waals surface area contributed by atoms with Gasteiger partial charge in [-0.1, -0.05) is 41.9 Å². The zero-order valence-corrected chi connectivity index (χ0v) is 18.9. The van der Waals surface area contributed by atoms with Gasteiger partial charge in [0.1, 0.15) is 0 Å². The number of rotatable bonds is 5. The molecule has 35 heavy (non-hydrogen) atoms. The summed E-state index contributed by atoms with van der Waals surface area (Å²) in [5.41, 5.74) is 0.690. The fourth-order valence-electron chi connectivity index (χ4n) is 3.47. The van der Waals surface area contributed by atoms with Crippen molar-refractivity contribution in [2.45, 2.75) is 13.1 Å². The number of para-hydroxylation sites is 1. The molecule has 1 aromatic heterocycles. The van der Waals surface area contributed by atoms with Crippen LogP contribution < -0.4 is 5.32 Å². The second-order valence-electron chi connectivity index (χ2n) is 7.66. The number of nitrogens with one attached hydrogen (secondary N) is 1. The molecule has 0 aliphatic heterocycles. The predicted molar refractivity (Wildman–Crippen MR) is 125 cm³/mol. The Balaban J connectivity index is 1.69. The van der Waals surface area contributed by atoms with Crippen molar-refractivity contribution in [2.75, 3.05) is 5.32 Å². The maximum Gasteiger partial charge on any atom is 0.435 e. The molecule has 0 saturated heterocycles. The normalized spacial score (nSPS) is 11.3. The smallest absolute Gasteiger partial charge is 0.435 e. The molecule has 0 unspecified atom stereocenters.